The van der Waals surface area contributed by atoms with Crippen LogP contribution in [-0.4, -0.2) is 85.9 Å². The minimum Gasteiger partial charge on any atom is -0.355 e. The zero-order valence-electron chi connectivity index (χ0n) is 17.1. The fraction of sp³-hybridized carbons (Fsp3) is 0.905. The van der Waals surface area contributed by atoms with Crippen molar-refractivity contribution in [3.63, 3.8) is 0 Å². The van der Waals surface area contributed by atoms with Crippen molar-refractivity contribution < 1.29 is 9.59 Å². The normalized spacial score (nSPS) is 24.1. The van der Waals surface area contributed by atoms with Crippen LogP contribution in [-0.2, 0) is 9.59 Å². The molecule has 3 fully saturated rings. The molecule has 0 radical (unpaired) electrons. The SMILES string of the molecule is CN1CCN(CCNC(=O)CC2CCN(C(=O)C3CCCCC3)CC2)CC1. The number of nitrogens with zero attached hydrogens (tertiary/aromatic N) is 3. The minimum atomic E-state index is 0.182. The Labute approximate surface area is 164 Å². The predicted molar refractivity (Wildman–Crippen MR) is 107 cm³/mol. The van der Waals surface area contributed by atoms with Gasteiger partial charge in [-0.05, 0) is 38.6 Å². The highest BCUT2D eigenvalue weighted by atomic mass is 16.2. The molecule has 0 unspecified atom stereocenters. The molecule has 27 heavy (non-hydrogen) atoms. The van der Waals surface area contributed by atoms with E-state index in [2.05, 4.69) is 27.1 Å². The molecule has 1 aliphatic carbocycles. The van der Waals surface area contributed by atoms with Crippen LogP contribution in [0.1, 0.15) is 51.4 Å². The van der Waals surface area contributed by atoms with Crippen LogP contribution in [0.25, 0.3) is 0 Å². The summed E-state index contributed by atoms with van der Waals surface area (Å²) in [4.78, 5) is 31.7. The van der Waals surface area contributed by atoms with Crippen LogP contribution in [0.15, 0.2) is 0 Å². The first-order valence-electron chi connectivity index (χ1n) is 11.1. The number of carbonyl (C=O) groups excluding carboxylic acids is 2. The van der Waals surface area contributed by atoms with Crippen LogP contribution in [0.4, 0.5) is 0 Å². The Morgan fingerprint density at radius 3 is 2.22 bits per heavy atom. The van der Waals surface area contributed by atoms with Gasteiger partial charge in [0.25, 0.3) is 0 Å². The van der Waals surface area contributed by atoms with Crippen LogP contribution < -0.4 is 5.32 Å². The van der Waals surface area contributed by atoms with Gasteiger partial charge in [0.2, 0.25) is 11.8 Å². The molecule has 0 aromatic carbocycles. The average Bonchev–Trinajstić information content (AvgIpc) is 2.70. The zero-order chi connectivity index (χ0) is 19.1. The number of amides is 2. The highest BCUT2D eigenvalue weighted by molar-refractivity contribution is 5.79. The number of rotatable bonds is 6. The second-order valence-electron chi connectivity index (χ2n) is 8.80. The molecule has 2 aliphatic heterocycles. The summed E-state index contributed by atoms with van der Waals surface area (Å²) in [5.41, 5.74) is 0. The van der Waals surface area contributed by atoms with Crippen LogP contribution in [0, 0.1) is 11.8 Å². The maximum Gasteiger partial charge on any atom is 0.225 e. The summed E-state index contributed by atoms with van der Waals surface area (Å²) < 4.78 is 0. The number of piperidine rings is 1. The molecule has 2 amide bonds. The first-order valence-corrected chi connectivity index (χ1v) is 11.1. The van der Waals surface area contributed by atoms with E-state index in [9.17, 15) is 9.59 Å². The molecular weight excluding hydrogens is 340 g/mol. The molecule has 0 aromatic rings. The number of likely N-dealkylation sites (tertiary alicyclic amines) is 1. The van der Waals surface area contributed by atoms with E-state index in [0.29, 0.717) is 18.2 Å². The summed E-state index contributed by atoms with van der Waals surface area (Å²) in [7, 11) is 2.16. The quantitative estimate of drug-likeness (QED) is 0.762. The minimum absolute atomic E-state index is 0.182. The Kier molecular flexibility index (Phi) is 7.94. The number of hydrogen-bond donors (Lipinski definition) is 1. The molecule has 154 valence electrons. The van der Waals surface area contributed by atoms with Gasteiger partial charge in [-0.2, -0.15) is 0 Å². The molecule has 1 N–H and O–H groups in total. The number of nitrogens with one attached hydrogen (secondary N) is 1. The maximum atomic E-state index is 12.6. The van der Waals surface area contributed by atoms with Crippen molar-refractivity contribution in [2.24, 2.45) is 11.8 Å². The molecule has 3 aliphatic rings. The second kappa shape index (κ2) is 10.4. The van der Waals surface area contributed by atoms with Crippen LogP contribution in [0.3, 0.4) is 0 Å². The topological polar surface area (TPSA) is 55.9 Å². The largest absolute Gasteiger partial charge is 0.355 e. The summed E-state index contributed by atoms with van der Waals surface area (Å²) in [6.07, 6.45) is 8.43. The van der Waals surface area contributed by atoms with Gasteiger partial charge in [-0.15, -0.1) is 0 Å². The molecule has 1 saturated carbocycles. The standard InChI is InChI=1S/C21H38N4O2/c1-23-13-15-24(16-14-23)12-9-22-20(26)17-18-7-10-25(11-8-18)21(27)19-5-3-2-4-6-19/h18-19H,2-17H2,1H3,(H,22,26). The van der Waals surface area contributed by atoms with Crippen LogP contribution in [0.5, 0.6) is 0 Å². The summed E-state index contributed by atoms with van der Waals surface area (Å²) in [5, 5.41) is 3.10. The van der Waals surface area contributed by atoms with Gasteiger partial charge in [0.1, 0.15) is 0 Å². The monoisotopic (exact) mass is 378 g/mol. The Morgan fingerprint density at radius 1 is 0.889 bits per heavy atom. The number of carbonyl (C=O) groups is 2. The molecule has 6 nitrogen and oxygen atoms in total. The van der Waals surface area contributed by atoms with Gasteiger partial charge in [0.15, 0.2) is 0 Å². The third-order valence-electron chi connectivity index (χ3n) is 6.70. The van der Waals surface area contributed by atoms with E-state index >= 15 is 0 Å². The van der Waals surface area contributed by atoms with Crippen molar-refractivity contribution in [3.8, 4) is 0 Å². The van der Waals surface area contributed by atoms with E-state index in [1.165, 1.54) is 19.3 Å². The Bertz CT molecular complexity index is 477. The predicted octanol–water partition coefficient (Wildman–Crippen LogP) is 1.56. The zero-order valence-corrected chi connectivity index (χ0v) is 17.1. The van der Waals surface area contributed by atoms with Crippen molar-refractivity contribution in [1.82, 2.24) is 20.0 Å². The van der Waals surface area contributed by atoms with Gasteiger partial charge in [-0.3, -0.25) is 14.5 Å². The fourth-order valence-corrected chi connectivity index (χ4v) is 4.72. The van der Waals surface area contributed by atoms with Crippen molar-refractivity contribution in [3.05, 3.63) is 0 Å². The highest BCUT2D eigenvalue weighted by Gasteiger charge is 2.29. The van der Waals surface area contributed by atoms with Crippen LogP contribution >= 0.6 is 0 Å². The molecule has 0 spiro atoms. The lowest BCUT2D eigenvalue weighted by Crippen LogP contribution is -2.47. The first-order chi connectivity index (χ1) is 13.1. The molecule has 3 rings (SSSR count). The summed E-state index contributed by atoms with van der Waals surface area (Å²) in [6.45, 7) is 7.82. The van der Waals surface area contributed by atoms with Gasteiger partial charge in [0.05, 0.1) is 0 Å². The van der Waals surface area contributed by atoms with Gasteiger partial charge >= 0.3 is 0 Å². The van der Waals surface area contributed by atoms with E-state index in [-0.39, 0.29) is 11.8 Å². The Hall–Kier alpha value is -1.14. The van der Waals surface area contributed by atoms with E-state index < -0.39 is 0 Å². The van der Waals surface area contributed by atoms with Gasteiger partial charge < -0.3 is 15.1 Å². The van der Waals surface area contributed by atoms with Crippen molar-refractivity contribution in [2.45, 2.75) is 51.4 Å². The molecule has 0 atom stereocenters. The van der Waals surface area contributed by atoms with E-state index in [1.54, 1.807) is 0 Å². The lowest BCUT2D eigenvalue weighted by molar-refractivity contribution is -0.138. The Balaban J connectivity index is 1.28. The lowest BCUT2D eigenvalue weighted by atomic mass is 9.87. The molecule has 0 bridgehead atoms. The van der Waals surface area contributed by atoms with Crippen molar-refractivity contribution in [1.29, 1.82) is 0 Å². The van der Waals surface area contributed by atoms with E-state index in [1.807, 2.05) is 0 Å². The Morgan fingerprint density at radius 2 is 1.56 bits per heavy atom. The van der Waals surface area contributed by atoms with Gasteiger partial charge in [-0.1, -0.05) is 19.3 Å². The summed E-state index contributed by atoms with van der Waals surface area (Å²) >= 11 is 0. The van der Waals surface area contributed by atoms with Crippen molar-refractivity contribution >= 4 is 11.8 Å². The summed E-state index contributed by atoms with van der Waals surface area (Å²) in [5.74, 6) is 1.27. The van der Waals surface area contributed by atoms with Crippen molar-refractivity contribution in [2.75, 3.05) is 59.4 Å². The number of likely N-dealkylation sites (N-methyl/N-ethyl adjacent to an activating group) is 1. The van der Waals surface area contributed by atoms with Gasteiger partial charge in [-0.25, -0.2) is 0 Å². The van der Waals surface area contributed by atoms with Gasteiger partial charge in [0, 0.05) is 64.7 Å². The third-order valence-corrected chi connectivity index (χ3v) is 6.70. The number of piperazine rings is 1. The fourth-order valence-electron chi connectivity index (χ4n) is 4.72. The first kappa shape index (κ1) is 20.6. The van der Waals surface area contributed by atoms with E-state index in [4.69, 9.17) is 0 Å². The molecule has 6 heteroatoms. The highest BCUT2D eigenvalue weighted by Crippen LogP contribution is 2.28. The lowest BCUT2D eigenvalue weighted by Gasteiger charge is -2.35. The summed E-state index contributed by atoms with van der Waals surface area (Å²) in [6, 6.07) is 0. The average molecular weight is 379 g/mol. The second-order valence-corrected chi connectivity index (χ2v) is 8.80. The molecular formula is C21H38N4O2. The molecule has 0 aromatic heterocycles. The van der Waals surface area contributed by atoms with Crippen LogP contribution in [0.2, 0.25) is 0 Å². The third kappa shape index (κ3) is 6.46. The number of hydrogen-bond acceptors (Lipinski definition) is 4. The molecule has 2 heterocycles. The molecule has 2 saturated heterocycles. The van der Waals surface area contributed by atoms with E-state index in [0.717, 1.165) is 78.0 Å². The smallest absolute Gasteiger partial charge is 0.225 e. The maximum absolute atomic E-state index is 12.6.